The van der Waals surface area contributed by atoms with Crippen LogP contribution in [0.4, 0.5) is 0 Å². The minimum Gasteiger partial charge on any atom is -0.331 e. The van der Waals surface area contributed by atoms with Gasteiger partial charge in [0.05, 0.1) is 0 Å². The van der Waals surface area contributed by atoms with Crippen molar-refractivity contribution >= 4 is 5.91 Å². The fourth-order valence-electron chi connectivity index (χ4n) is 2.78. The zero-order chi connectivity index (χ0) is 14.0. The quantitative estimate of drug-likeness (QED) is 0.763. The molecule has 1 aliphatic heterocycles. The monoisotopic (exact) mass is 259 g/mol. The van der Waals surface area contributed by atoms with Gasteiger partial charge in [0.15, 0.2) is 0 Å². The number of amides is 1. The second kappa shape index (κ2) is 5.48. The Morgan fingerprint density at radius 1 is 1.53 bits per heavy atom. The van der Waals surface area contributed by atoms with Gasteiger partial charge in [-0.1, -0.05) is 5.92 Å². The van der Waals surface area contributed by atoms with E-state index in [0.29, 0.717) is 12.0 Å². The Balaban J connectivity index is 2.17. The zero-order valence-corrected chi connectivity index (χ0v) is 12.1. The maximum Gasteiger partial charge on any atom is 0.298 e. The van der Waals surface area contributed by atoms with Gasteiger partial charge < -0.3 is 9.47 Å². The fourth-order valence-corrected chi connectivity index (χ4v) is 2.78. The number of rotatable bonds is 2. The predicted octanol–water partition coefficient (Wildman–Crippen LogP) is 2.11. The van der Waals surface area contributed by atoms with Gasteiger partial charge in [-0.15, -0.1) is 0 Å². The van der Waals surface area contributed by atoms with E-state index in [9.17, 15) is 4.79 Å². The van der Waals surface area contributed by atoms with Crippen molar-refractivity contribution in [1.82, 2.24) is 14.5 Å². The first-order valence-corrected chi connectivity index (χ1v) is 6.80. The van der Waals surface area contributed by atoms with Crippen LogP contribution in [-0.4, -0.2) is 33.4 Å². The van der Waals surface area contributed by atoms with Gasteiger partial charge in [0.2, 0.25) is 0 Å². The van der Waals surface area contributed by atoms with Gasteiger partial charge >= 0.3 is 0 Å². The highest BCUT2D eigenvalue weighted by Gasteiger charge is 2.30. The summed E-state index contributed by atoms with van der Waals surface area (Å²) in [4.78, 5) is 18.1. The van der Waals surface area contributed by atoms with Gasteiger partial charge in [-0.3, -0.25) is 4.79 Å². The van der Waals surface area contributed by atoms with Crippen LogP contribution in [-0.2, 0) is 4.79 Å². The highest BCUT2D eigenvalue weighted by Crippen LogP contribution is 2.28. The Hall–Kier alpha value is -1.76. The number of carbonyl (C=O) groups is 1. The van der Waals surface area contributed by atoms with Crippen LogP contribution in [0.5, 0.6) is 0 Å². The Labute approximate surface area is 114 Å². The molecular weight excluding hydrogens is 238 g/mol. The summed E-state index contributed by atoms with van der Waals surface area (Å²) in [5.74, 6) is 6.65. The van der Waals surface area contributed by atoms with Gasteiger partial charge in [0.1, 0.15) is 5.82 Å². The first-order valence-electron chi connectivity index (χ1n) is 6.80. The van der Waals surface area contributed by atoms with E-state index in [-0.39, 0.29) is 5.91 Å². The number of nitrogens with zero attached hydrogens (tertiary/aromatic N) is 3. The number of aryl methyl sites for hydroxylation is 1. The number of likely N-dealkylation sites (tertiary alicyclic amines) is 1. The average molecular weight is 259 g/mol. The lowest BCUT2D eigenvalue weighted by Gasteiger charge is -2.18. The predicted molar refractivity (Wildman–Crippen MR) is 74.7 cm³/mol. The smallest absolute Gasteiger partial charge is 0.298 e. The molecule has 1 amide bonds. The molecule has 1 aliphatic rings. The molecule has 2 heterocycles. The van der Waals surface area contributed by atoms with Crippen LogP contribution >= 0.6 is 0 Å². The Morgan fingerprint density at radius 2 is 2.26 bits per heavy atom. The normalized spacial score (nSPS) is 18.6. The molecule has 1 unspecified atom stereocenters. The number of carbonyl (C=O) groups excluding carboxylic acids is 1. The van der Waals surface area contributed by atoms with Gasteiger partial charge in [0, 0.05) is 36.9 Å². The largest absolute Gasteiger partial charge is 0.331 e. The standard InChI is InChI=1S/C15H21N3O/c1-5-6-14(19)17-8-7-13(10-17)15-16-9-12(4)18(15)11(2)3/h9,11,13H,7-8,10H2,1-4H3. The second-order valence-electron chi connectivity index (χ2n) is 5.33. The Morgan fingerprint density at radius 3 is 2.89 bits per heavy atom. The van der Waals surface area contributed by atoms with Crippen molar-refractivity contribution in [3.05, 3.63) is 17.7 Å². The fraction of sp³-hybridized carbons (Fsp3) is 0.600. The summed E-state index contributed by atoms with van der Waals surface area (Å²) < 4.78 is 2.27. The molecule has 4 nitrogen and oxygen atoms in total. The van der Waals surface area contributed by atoms with E-state index >= 15 is 0 Å². The lowest BCUT2D eigenvalue weighted by molar-refractivity contribution is -0.124. The molecule has 19 heavy (non-hydrogen) atoms. The third-order valence-corrected chi connectivity index (χ3v) is 3.60. The van der Waals surface area contributed by atoms with E-state index in [0.717, 1.165) is 25.3 Å². The lowest BCUT2D eigenvalue weighted by Crippen LogP contribution is -2.27. The molecule has 0 radical (unpaired) electrons. The number of hydrogen-bond donors (Lipinski definition) is 0. The first kappa shape index (κ1) is 13.7. The summed E-state index contributed by atoms with van der Waals surface area (Å²) in [5.41, 5.74) is 1.18. The molecule has 1 saturated heterocycles. The summed E-state index contributed by atoms with van der Waals surface area (Å²) in [6.45, 7) is 9.62. The highest BCUT2D eigenvalue weighted by molar-refractivity contribution is 5.93. The van der Waals surface area contributed by atoms with Gasteiger partial charge in [-0.2, -0.15) is 0 Å². The Bertz CT molecular complexity index is 533. The van der Waals surface area contributed by atoms with E-state index in [2.05, 4.69) is 42.2 Å². The summed E-state index contributed by atoms with van der Waals surface area (Å²) in [7, 11) is 0. The number of imidazole rings is 1. The number of aromatic nitrogens is 2. The zero-order valence-electron chi connectivity index (χ0n) is 12.1. The SMILES string of the molecule is CC#CC(=O)N1CCC(c2ncc(C)n2C(C)C)C1. The van der Waals surface area contributed by atoms with E-state index < -0.39 is 0 Å². The Kier molecular flexibility index (Phi) is 3.94. The molecule has 0 spiro atoms. The van der Waals surface area contributed by atoms with Crippen molar-refractivity contribution in [2.75, 3.05) is 13.1 Å². The minimum absolute atomic E-state index is 0.0654. The van der Waals surface area contributed by atoms with Crippen LogP contribution in [0.3, 0.4) is 0 Å². The lowest BCUT2D eigenvalue weighted by atomic mass is 10.1. The molecule has 0 aliphatic carbocycles. The topological polar surface area (TPSA) is 38.1 Å². The summed E-state index contributed by atoms with van der Waals surface area (Å²) in [6.07, 6.45) is 2.89. The molecule has 0 N–H and O–H groups in total. The maximum absolute atomic E-state index is 11.8. The van der Waals surface area contributed by atoms with Crippen LogP contribution in [0.1, 0.15) is 50.7 Å². The van der Waals surface area contributed by atoms with Gasteiger partial charge in [0.25, 0.3) is 5.91 Å². The first-order chi connectivity index (χ1) is 9.04. The van der Waals surface area contributed by atoms with Crippen LogP contribution in [0.25, 0.3) is 0 Å². The molecule has 1 atom stereocenters. The van der Waals surface area contributed by atoms with Crippen molar-refractivity contribution in [2.24, 2.45) is 0 Å². The molecular formula is C15H21N3O. The molecule has 1 aromatic rings. The van der Waals surface area contributed by atoms with Crippen LogP contribution < -0.4 is 0 Å². The minimum atomic E-state index is -0.0654. The summed E-state index contributed by atoms with van der Waals surface area (Å²) in [5, 5.41) is 0. The van der Waals surface area contributed by atoms with Crippen molar-refractivity contribution in [2.45, 2.75) is 46.1 Å². The van der Waals surface area contributed by atoms with E-state index in [1.807, 2.05) is 11.1 Å². The molecule has 4 heteroatoms. The second-order valence-corrected chi connectivity index (χ2v) is 5.33. The molecule has 0 aromatic carbocycles. The third-order valence-electron chi connectivity index (χ3n) is 3.60. The molecule has 0 saturated carbocycles. The van der Waals surface area contributed by atoms with E-state index in [1.54, 1.807) is 6.92 Å². The number of hydrogen-bond acceptors (Lipinski definition) is 2. The van der Waals surface area contributed by atoms with E-state index in [1.165, 1.54) is 5.69 Å². The van der Waals surface area contributed by atoms with Crippen molar-refractivity contribution in [3.8, 4) is 11.8 Å². The van der Waals surface area contributed by atoms with Crippen molar-refractivity contribution < 1.29 is 4.79 Å². The van der Waals surface area contributed by atoms with Crippen LogP contribution in [0.2, 0.25) is 0 Å². The maximum atomic E-state index is 11.8. The molecule has 1 fully saturated rings. The summed E-state index contributed by atoms with van der Waals surface area (Å²) >= 11 is 0. The summed E-state index contributed by atoms with van der Waals surface area (Å²) in [6, 6.07) is 0.401. The molecule has 102 valence electrons. The third kappa shape index (κ3) is 2.65. The molecule has 2 rings (SSSR count). The van der Waals surface area contributed by atoms with Gasteiger partial charge in [-0.05, 0) is 40.0 Å². The van der Waals surface area contributed by atoms with Crippen molar-refractivity contribution in [3.63, 3.8) is 0 Å². The highest BCUT2D eigenvalue weighted by atomic mass is 16.2. The molecule has 1 aromatic heterocycles. The van der Waals surface area contributed by atoms with E-state index in [4.69, 9.17) is 0 Å². The van der Waals surface area contributed by atoms with Crippen molar-refractivity contribution in [1.29, 1.82) is 0 Å². The van der Waals surface area contributed by atoms with Crippen LogP contribution in [0, 0.1) is 18.8 Å². The molecule has 0 bridgehead atoms. The average Bonchev–Trinajstić information content (AvgIpc) is 2.95. The van der Waals surface area contributed by atoms with Crippen LogP contribution in [0.15, 0.2) is 6.20 Å². The van der Waals surface area contributed by atoms with Gasteiger partial charge in [-0.25, -0.2) is 4.98 Å².